The van der Waals surface area contributed by atoms with E-state index >= 15 is 0 Å². The lowest BCUT2D eigenvalue weighted by Gasteiger charge is -2.21. The zero-order valence-corrected chi connectivity index (χ0v) is 10.4. The van der Waals surface area contributed by atoms with Crippen LogP contribution >= 0.6 is 11.3 Å². The molecule has 3 heteroatoms. The minimum Gasteiger partial charge on any atom is -0.397 e. The molecule has 1 heterocycles. The number of rotatable bonds is 3. The molecule has 1 aromatic carbocycles. The predicted octanol–water partition coefficient (Wildman–Crippen LogP) is 3.28. The van der Waals surface area contributed by atoms with Crippen LogP contribution in [0.15, 0.2) is 35.0 Å². The molecule has 0 fully saturated rings. The van der Waals surface area contributed by atoms with Gasteiger partial charge in [-0.2, -0.15) is 11.3 Å². The van der Waals surface area contributed by atoms with Gasteiger partial charge in [-0.25, -0.2) is 0 Å². The molecule has 0 aliphatic heterocycles. The lowest BCUT2D eigenvalue weighted by Crippen LogP contribution is -2.17. The second kappa shape index (κ2) is 4.58. The van der Waals surface area contributed by atoms with Gasteiger partial charge in [-0.1, -0.05) is 6.07 Å². The van der Waals surface area contributed by atoms with Gasteiger partial charge in [-0.3, -0.25) is 0 Å². The average molecular weight is 232 g/mol. The monoisotopic (exact) mass is 232 g/mol. The molecule has 0 saturated carbocycles. The number of nitrogens with zero attached hydrogens (tertiary/aromatic N) is 1. The average Bonchev–Trinajstić information content (AvgIpc) is 2.74. The molecule has 1 aromatic heterocycles. The van der Waals surface area contributed by atoms with Crippen molar-refractivity contribution in [2.75, 3.05) is 17.7 Å². The molecule has 0 amide bonds. The fraction of sp³-hybridized carbons (Fsp3) is 0.231. The highest BCUT2D eigenvalue weighted by Gasteiger charge is 2.06. The third kappa shape index (κ3) is 2.36. The number of anilines is 2. The molecule has 0 saturated heterocycles. The molecule has 2 nitrogen and oxygen atoms in total. The van der Waals surface area contributed by atoms with Crippen molar-refractivity contribution in [2.24, 2.45) is 0 Å². The van der Waals surface area contributed by atoms with Crippen LogP contribution in [0.1, 0.15) is 11.1 Å². The van der Waals surface area contributed by atoms with Gasteiger partial charge in [-0.15, -0.1) is 0 Å². The van der Waals surface area contributed by atoms with Crippen molar-refractivity contribution in [1.82, 2.24) is 0 Å². The highest BCUT2D eigenvalue weighted by Crippen LogP contribution is 2.25. The maximum absolute atomic E-state index is 5.98. The van der Waals surface area contributed by atoms with E-state index in [1.807, 2.05) is 12.1 Å². The van der Waals surface area contributed by atoms with Gasteiger partial charge in [0, 0.05) is 13.6 Å². The van der Waals surface area contributed by atoms with E-state index in [1.165, 1.54) is 11.1 Å². The molecule has 0 unspecified atom stereocenters. The fourth-order valence-corrected chi connectivity index (χ4v) is 2.39. The summed E-state index contributed by atoms with van der Waals surface area (Å²) in [4.78, 5) is 2.18. The molecular formula is C13H16N2S. The Hall–Kier alpha value is -1.48. The zero-order valence-electron chi connectivity index (χ0n) is 9.60. The highest BCUT2D eigenvalue weighted by molar-refractivity contribution is 7.07. The molecule has 0 aliphatic rings. The maximum atomic E-state index is 5.98. The van der Waals surface area contributed by atoms with Crippen LogP contribution in [-0.2, 0) is 6.54 Å². The van der Waals surface area contributed by atoms with Crippen molar-refractivity contribution in [3.8, 4) is 0 Å². The first-order valence-electron chi connectivity index (χ1n) is 5.25. The normalized spacial score (nSPS) is 10.4. The van der Waals surface area contributed by atoms with Crippen molar-refractivity contribution in [1.29, 1.82) is 0 Å². The van der Waals surface area contributed by atoms with Gasteiger partial charge < -0.3 is 10.6 Å². The maximum Gasteiger partial charge on any atom is 0.0603 e. The Labute approximate surface area is 100 Å². The van der Waals surface area contributed by atoms with Crippen LogP contribution in [0.5, 0.6) is 0 Å². The van der Waals surface area contributed by atoms with Gasteiger partial charge in [0.2, 0.25) is 0 Å². The van der Waals surface area contributed by atoms with Gasteiger partial charge in [0.25, 0.3) is 0 Å². The summed E-state index contributed by atoms with van der Waals surface area (Å²) in [6.07, 6.45) is 0. The summed E-state index contributed by atoms with van der Waals surface area (Å²) in [5.41, 5.74) is 10.5. The Morgan fingerprint density at radius 1 is 1.31 bits per heavy atom. The van der Waals surface area contributed by atoms with Crippen LogP contribution in [0.4, 0.5) is 11.4 Å². The Morgan fingerprint density at radius 2 is 2.12 bits per heavy atom. The standard InChI is InChI=1S/C13H16N2S/c1-10-3-4-12(14)13(7-10)15(2)8-11-5-6-16-9-11/h3-7,9H,8,14H2,1-2H3. The molecule has 0 bridgehead atoms. The molecule has 16 heavy (non-hydrogen) atoms. The van der Waals surface area contributed by atoms with Crippen LogP contribution < -0.4 is 10.6 Å². The Morgan fingerprint density at radius 3 is 2.81 bits per heavy atom. The minimum absolute atomic E-state index is 0.836. The molecule has 2 N–H and O–H groups in total. The van der Waals surface area contributed by atoms with Crippen molar-refractivity contribution in [2.45, 2.75) is 13.5 Å². The predicted molar refractivity (Wildman–Crippen MR) is 72.0 cm³/mol. The molecule has 84 valence electrons. The van der Waals surface area contributed by atoms with Crippen LogP contribution in [-0.4, -0.2) is 7.05 Å². The van der Waals surface area contributed by atoms with E-state index in [2.05, 4.69) is 41.8 Å². The quantitative estimate of drug-likeness (QED) is 0.823. The topological polar surface area (TPSA) is 29.3 Å². The SMILES string of the molecule is Cc1ccc(N)c(N(C)Cc2ccsc2)c1. The van der Waals surface area contributed by atoms with Crippen LogP contribution in [0.2, 0.25) is 0 Å². The Bertz CT molecular complexity index is 463. The fourth-order valence-electron chi connectivity index (χ4n) is 1.73. The van der Waals surface area contributed by atoms with Gasteiger partial charge in [0.15, 0.2) is 0 Å². The van der Waals surface area contributed by atoms with Crippen LogP contribution in [0.25, 0.3) is 0 Å². The highest BCUT2D eigenvalue weighted by atomic mass is 32.1. The number of benzene rings is 1. The number of nitrogens with two attached hydrogens (primary N) is 1. The molecule has 0 aliphatic carbocycles. The molecule has 0 atom stereocenters. The van der Waals surface area contributed by atoms with E-state index in [0.717, 1.165) is 17.9 Å². The van der Waals surface area contributed by atoms with Gasteiger partial charge >= 0.3 is 0 Å². The summed E-state index contributed by atoms with van der Waals surface area (Å²) in [5, 5.41) is 4.27. The largest absolute Gasteiger partial charge is 0.397 e. The third-order valence-corrected chi connectivity index (χ3v) is 3.33. The van der Waals surface area contributed by atoms with Crippen molar-refractivity contribution in [3.05, 3.63) is 46.2 Å². The second-order valence-corrected chi connectivity index (χ2v) is 4.83. The lowest BCUT2D eigenvalue weighted by molar-refractivity contribution is 0.928. The second-order valence-electron chi connectivity index (χ2n) is 4.05. The summed E-state index contributed by atoms with van der Waals surface area (Å²) in [6.45, 7) is 2.98. The number of hydrogen-bond acceptors (Lipinski definition) is 3. The first kappa shape index (κ1) is 11.0. The van der Waals surface area contributed by atoms with Gasteiger partial charge in [-0.05, 0) is 47.0 Å². The molecule has 2 aromatic rings. The van der Waals surface area contributed by atoms with Crippen molar-refractivity contribution >= 4 is 22.7 Å². The van der Waals surface area contributed by atoms with Gasteiger partial charge in [0.05, 0.1) is 11.4 Å². The summed E-state index contributed by atoms with van der Waals surface area (Å²) in [5.74, 6) is 0. The first-order chi connectivity index (χ1) is 7.66. The van der Waals surface area contributed by atoms with E-state index in [-0.39, 0.29) is 0 Å². The smallest absolute Gasteiger partial charge is 0.0603 e. The van der Waals surface area contributed by atoms with Crippen LogP contribution in [0.3, 0.4) is 0 Å². The third-order valence-electron chi connectivity index (χ3n) is 2.60. The first-order valence-corrected chi connectivity index (χ1v) is 6.19. The van der Waals surface area contributed by atoms with Crippen molar-refractivity contribution < 1.29 is 0 Å². The van der Waals surface area contributed by atoms with E-state index in [1.54, 1.807) is 11.3 Å². The van der Waals surface area contributed by atoms with Gasteiger partial charge in [0.1, 0.15) is 0 Å². The number of thiophene rings is 1. The summed E-state index contributed by atoms with van der Waals surface area (Å²) in [7, 11) is 2.07. The van der Waals surface area contributed by atoms with E-state index in [4.69, 9.17) is 5.73 Å². The Kier molecular flexibility index (Phi) is 3.15. The van der Waals surface area contributed by atoms with E-state index in [9.17, 15) is 0 Å². The van der Waals surface area contributed by atoms with E-state index in [0.29, 0.717) is 0 Å². The molecule has 0 spiro atoms. The number of nitrogen functional groups attached to an aromatic ring is 1. The summed E-state index contributed by atoms with van der Waals surface area (Å²) < 4.78 is 0. The Balaban J connectivity index is 2.20. The number of aryl methyl sites for hydroxylation is 1. The molecule has 0 radical (unpaired) electrons. The summed E-state index contributed by atoms with van der Waals surface area (Å²) in [6, 6.07) is 8.28. The molecular weight excluding hydrogens is 216 g/mol. The minimum atomic E-state index is 0.836. The van der Waals surface area contributed by atoms with Crippen LogP contribution in [0, 0.1) is 6.92 Å². The van der Waals surface area contributed by atoms with E-state index < -0.39 is 0 Å². The molecule has 2 rings (SSSR count). The zero-order chi connectivity index (χ0) is 11.5. The summed E-state index contributed by atoms with van der Waals surface area (Å²) >= 11 is 1.73. The number of hydrogen-bond donors (Lipinski definition) is 1. The lowest BCUT2D eigenvalue weighted by atomic mass is 10.1. The van der Waals surface area contributed by atoms with Crippen molar-refractivity contribution in [3.63, 3.8) is 0 Å².